The van der Waals surface area contributed by atoms with Gasteiger partial charge in [0.25, 0.3) is 5.91 Å². The number of aromatic nitrogens is 1. The van der Waals surface area contributed by atoms with Crippen LogP contribution >= 0.6 is 0 Å². The summed E-state index contributed by atoms with van der Waals surface area (Å²) < 4.78 is 0. The van der Waals surface area contributed by atoms with Gasteiger partial charge in [0.15, 0.2) is 0 Å². The van der Waals surface area contributed by atoms with Gasteiger partial charge in [-0.05, 0) is 49.6 Å². The van der Waals surface area contributed by atoms with Crippen LogP contribution in [0.5, 0.6) is 0 Å². The number of hydrogen-bond acceptors (Lipinski definition) is 4. The molecule has 3 aromatic rings. The Morgan fingerprint density at radius 3 is 2.55 bits per heavy atom. The molecule has 8 nitrogen and oxygen atoms in total. The van der Waals surface area contributed by atoms with Crippen molar-refractivity contribution >= 4 is 17.8 Å². The summed E-state index contributed by atoms with van der Waals surface area (Å²) in [5.74, 6) is -0.447. The molecule has 5 rings (SSSR count). The third kappa shape index (κ3) is 5.47. The van der Waals surface area contributed by atoms with Gasteiger partial charge in [-0.3, -0.25) is 19.5 Å². The van der Waals surface area contributed by atoms with E-state index >= 15 is 0 Å². The maximum atomic E-state index is 14.2. The lowest BCUT2D eigenvalue weighted by Gasteiger charge is -2.33. The van der Waals surface area contributed by atoms with Crippen molar-refractivity contribution in [1.29, 1.82) is 0 Å². The van der Waals surface area contributed by atoms with Gasteiger partial charge in [0.1, 0.15) is 6.04 Å². The van der Waals surface area contributed by atoms with Crippen molar-refractivity contribution in [1.82, 2.24) is 25.4 Å². The lowest BCUT2D eigenvalue weighted by atomic mass is 9.91. The van der Waals surface area contributed by atoms with E-state index in [1.54, 1.807) is 16.0 Å². The molecule has 2 aliphatic heterocycles. The molecular formula is C32H35N5O3. The van der Waals surface area contributed by atoms with Crippen molar-refractivity contribution in [2.45, 2.75) is 45.7 Å². The van der Waals surface area contributed by atoms with Crippen LogP contribution in [0.3, 0.4) is 0 Å². The van der Waals surface area contributed by atoms with Gasteiger partial charge >= 0.3 is 6.03 Å². The summed E-state index contributed by atoms with van der Waals surface area (Å²) in [6, 6.07) is 19.9. The second kappa shape index (κ2) is 11.7. The summed E-state index contributed by atoms with van der Waals surface area (Å²) in [6.45, 7) is 6.92. The molecule has 206 valence electrons. The zero-order valence-electron chi connectivity index (χ0n) is 23.2. The van der Waals surface area contributed by atoms with Crippen LogP contribution in [0.25, 0.3) is 0 Å². The summed E-state index contributed by atoms with van der Waals surface area (Å²) in [4.78, 5) is 48.7. The molecule has 0 saturated carbocycles. The second-order valence-corrected chi connectivity index (χ2v) is 10.3. The molecule has 2 aromatic carbocycles. The van der Waals surface area contributed by atoms with E-state index in [2.05, 4.69) is 21.7 Å². The number of aryl methyl sites for hydroxylation is 2. The number of carbonyl (C=O) groups excluding carboxylic acids is 3. The minimum Gasteiger partial charge on any atom is -0.354 e. The quantitative estimate of drug-likeness (QED) is 0.434. The van der Waals surface area contributed by atoms with E-state index in [1.165, 1.54) is 0 Å². The van der Waals surface area contributed by atoms with E-state index in [0.717, 1.165) is 27.9 Å². The predicted octanol–water partition coefficient (Wildman–Crippen LogP) is 3.85. The average molecular weight is 538 g/mol. The molecule has 0 unspecified atom stereocenters. The van der Waals surface area contributed by atoms with Gasteiger partial charge in [0, 0.05) is 37.8 Å². The van der Waals surface area contributed by atoms with Crippen LogP contribution < -0.4 is 10.6 Å². The molecule has 3 heterocycles. The highest BCUT2D eigenvalue weighted by Gasteiger charge is 2.47. The molecule has 8 heteroatoms. The van der Waals surface area contributed by atoms with Gasteiger partial charge < -0.3 is 15.5 Å². The van der Waals surface area contributed by atoms with Gasteiger partial charge in [-0.25, -0.2) is 4.79 Å². The maximum absolute atomic E-state index is 14.2. The third-order valence-electron chi connectivity index (χ3n) is 7.66. The van der Waals surface area contributed by atoms with Gasteiger partial charge in [-0.15, -0.1) is 0 Å². The van der Waals surface area contributed by atoms with Crippen LogP contribution in [0.1, 0.15) is 40.9 Å². The first-order valence-corrected chi connectivity index (χ1v) is 13.8. The van der Waals surface area contributed by atoms with Crippen LogP contribution in [0.2, 0.25) is 0 Å². The van der Waals surface area contributed by atoms with Crippen molar-refractivity contribution in [3.63, 3.8) is 0 Å². The molecule has 0 spiro atoms. The first-order valence-electron chi connectivity index (χ1n) is 13.8. The molecule has 0 fully saturated rings. The fraction of sp³-hybridized carbons (Fsp3) is 0.312. The Morgan fingerprint density at radius 2 is 1.85 bits per heavy atom. The molecule has 0 saturated heterocycles. The number of hydrogen-bond donors (Lipinski definition) is 2. The Labute approximate surface area is 235 Å². The van der Waals surface area contributed by atoms with E-state index in [4.69, 9.17) is 0 Å². The third-order valence-corrected chi connectivity index (χ3v) is 7.66. The van der Waals surface area contributed by atoms with E-state index in [0.29, 0.717) is 37.2 Å². The fourth-order valence-corrected chi connectivity index (χ4v) is 5.64. The molecule has 0 bridgehead atoms. The van der Waals surface area contributed by atoms with Crippen molar-refractivity contribution in [2.75, 3.05) is 19.6 Å². The minimum atomic E-state index is -0.738. The Bertz CT molecular complexity index is 1440. The number of nitrogens with zero attached hydrogens (tertiary/aromatic N) is 3. The number of likely N-dealkylation sites (N-methyl/N-ethyl adjacent to an activating group) is 1. The highest BCUT2D eigenvalue weighted by molar-refractivity contribution is 6.03. The van der Waals surface area contributed by atoms with Crippen molar-refractivity contribution in [3.8, 4) is 0 Å². The Morgan fingerprint density at radius 1 is 1.07 bits per heavy atom. The summed E-state index contributed by atoms with van der Waals surface area (Å²) in [7, 11) is 0. The molecule has 2 N–H and O–H groups in total. The molecular weight excluding hydrogens is 502 g/mol. The number of pyridine rings is 1. The summed E-state index contributed by atoms with van der Waals surface area (Å²) in [6.07, 6.45) is 2.68. The van der Waals surface area contributed by atoms with Crippen LogP contribution in [-0.4, -0.2) is 58.3 Å². The largest absolute Gasteiger partial charge is 0.354 e. The second-order valence-electron chi connectivity index (χ2n) is 10.3. The van der Waals surface area contributed by atoms with E-state index < -0.39 is 12.1 Å². The molecule has 1 aromatic heterocycles. The minimum absolute atomic E-state index is 0.196. The molecule has 2 aliphatic rings. The highest BCUT2D eigenvalue weighted by atomic mass is 16.2. The molecule has 0 radical (unpaired) electrons. The van der Waals surface area contributed by atoms with Gasteiger partial charge in [-0.1, -0.05) is 60.2 Å². The van der Waals surface area contributed by atoms with E-state index in [-0.39, 0.29) is 24.4 Å². The molecule has 40 heavy (non-hydrogen) atoms. The van der Waals surface area contributed by atoms with Crippen molar-refractivity contribution < 1.29 is 14.4 Å². The zero-order chi connectivity index (χ0) is 28.2. The predicted molar refractivity (Wildman–Crippen MR) is 153 cm³/mol. The van der Waals surface area contributed by atoms with Gasteiger partial charge in [0.2, 0.25) is 5.91 Å². The van der Waals surface area contributed by atoms with Gasteiger partial charge in [-0.2, -0.15) is 0 Å². The smallest absolute Gasteiger partial charge is 0.322 e. The maximum Gasteiger partial charge on any atom is 0.322 e. The molecule has 0 aliphatic carbocycles. The first kappa shape index (κ1) is 27.1. The summed E-state index contributed by atoms with van der Waals surface area (Å²) in [5.41, 5.74) is 6.04. The Balaban J connectivity index is 1.45. The van der Waals surface area contributed by atoms with Crippen LogP contribution in [-0.2, 0) is 22.4 Å². The Hall–Kier alpha value is -4.46. The molecule has 2 atom stereocenters. The SMILES string of the molecule is CCN1C(=O)N[C@H](c2ccc(C)cc2C)C2=C1CN([C@@H](Cc1ccccc1)C(=O)NCCc1ccccn1)C2=O. The van der Waals surface area contributed by atoms with Crippen LogP contribution in [0.15, 0.2) is 84.2 Å². The monoisotopic (exact) mass is 537 g/mol. The van der Waals surface area contributed by atoms with Crippen molar-refractivity contribution in [2.24, 2.45) is 0 Å². The normalized spacial score (nSPS) is 17.5. The first-order chi connectivity index (χ1) is 19.4. The lowest BCUT2D eigenvalue weighted by Crippen LogP contribution is -2.50. The van der Waals surface area contributed by atoms with E-state index in [9.17, 15) is 14.4 Å². The molecule has 4 amide bonds. The lowest BCUT2D eigenvalue weighted by molar-refractivity contribution is -0.136. The number of nitrogens with one attached hydrogen (secondary N) is 2. The number of rotatable bonds is 9. The zero-order valence-corrected chi connectivity index (χ0v) is 23.2. The average Bonchev–Trinajstić information content (AvgIpc) is 3.29. The summed E-state index contributed by atoms with van der Waals surface area (Å²) >= 11 is 0. The summed E-state index contributed by atoms with van der Waals surface area (Å²) in [5, 5.41) is 6.10. The highest BCUT2D eigenvalue weighted by Crippen LogP contribution is 2.38. The van der Waals surface area contributed by atoms with Crippen LogP contribution in [0.4, 0.5) is 4.79 Å². The Kier molecular flexibility index (Phi) is 7.96. The van der Waals surface area contributed by atoms with Crippen LogP contribution in [0, 0.1) is 13.8 Å². The van der Waals surface area contributed by atoms with Crippen molar-refractivity contribution in [3.05, 3.63) is 112 Å². The van der Waals surface area contributed by atoms with Gasteiger partial charge in [0.05, 0.1) is 23.9 Å². The topological polar surface area (TPSA) is 94.6 Å². The number of benzene rings is 2. The standard InChI is InChI=1S/C32H35N5O3/c1-4-36-27-20-37(31(39)28(27)29(35-32(36)40)25-14-13-21(2)18-22(25)3)26(19-23-10-6-5-7-11-23)30(38)34-17-15-24-12-8-9-16-33-24/h5-14,16,18,26,29H,4,15,17,19-20H2,1-3H3,(H,34,38)(H,35,40)/t26-,29+/m0/s1. The fourth-order valence-electron chi connectivity index (χ4n) is 5.64. The number of urea groups is 1. The number of carbonyl (C=O) groups is 3. The van der Waals surface area contributed by atoms with E-state index in [1.807, 2.05) is 81.4 Å². The number of amides is 4.